The maximum Gasteiger partial charge on any atom is 0.261 e. The van der Waals surface area contributed by atoms with E-state index in [0.717, 1.165) is 0 Å². The van der Waals surface area contributed by atoms with Crippen LogP contribution >= 0.6 is 11.6 Å². The van der Waals surface area contributed by atoms with E-state index in [9.17, 15) is 8.42 Å². The zero-order valence-corrected chi connectivity index (χ0v) is 9.01. The molecule has 0 spiro atoms. The molecule has 0 saturated heterocycles. The van der Waals surface area contributed by atoms with Crippen molar-refractivity contribution in [2.24, 2.45) is 7.05 Å². The largest absolute Gasteiger partial charge is 0.395 e. The topological polar surface area (TPSA) is 84.2 Å². The quantitative estimate of drug-likeness (QED) is 0.731. The lowest BCUT2D eigenvalue weighted by Gasteiger charge is -2.02. The summed E-state index contributed by atoms with van der Waals surface area (Å²) in [5, 5.41) is 8.28. The Morgan fingerprint density at radius 3 is 2.79 bits per heavy atom. The first-order valence-electron chi connectivity index (χ1n) is 3.76. The maximum absolute atomic E-state index is 11.4. The standard InChI is InChI=1S/C6H10ClN3O3S/c1-10-4-8-6(5(10)7)14(12,13)9-2-3-11/h4,9,11H,2-3H2,1H3. The highest BCUT2D eigenvalue weighted by Gasteiger charge is 2.21. The van der Waals surface area contributed by atoms with E-state index in [1.54, 1.807) is 7.05 Å². The van der Waals surface area contributed by atoms with Crippen LogP contribution in [0.1, 0.15) is 0 Å². The average Bonchev–Trinajstić information content (AvgIpc) is 2.45. The summed E-state index contributed by atoms with van der Waals surface area (Å²) in [6.07, 6.45) is 1.30. The van der Waals surface area contributed by atoms with Crippen LogP contribution in [0.2, 0.25) is 5.15 Å². The molecule has 0 atom stereocenters. The lowest BCUT2D eigenvalue weighted by molar-refractivity contribution is 0.301. The van der Waals surface area contributed by atoms with Crippen molar-refractivity contribution in [1.82, 2.24) is 14.3 Å². The Morgan fingerprint density at radius 1 is 1.71 bits per heavy atom. The van der Waals surface area contributed by atoms with Gasteiger partial charge in [0, 0.05) is 13.6 Å². The Morgan fingerprint density at radius 2 is 2.36 bits per heavy atom. The first-order valence-corrected chi connectivity index (χ1v) is 5.62. The molecular weight excluding hydrogens is 230 g/mol. The molecule has 0 aromatic carbocycles. The molecule has 0 radical (unpaired) electrons. The first kappa shape index (κ1) is 11.4. The summed E-state index contributed by atoms with van der Waals surface area (Å²) in [7, 11) is -2.12. The van der Waals surface area contributed by atoms with Gasteiger partial charge in [-0.2, -0.15) is 0 Å². The van der Waals surface area contributed by atoms with Gasteiger partial charge >= 0.3 is 0 Å². The SMILES string of the molecule is Cn1cnc(S(=O)(=O)NCCO)c1Cl. The van der Waals surface area contributed by atoms with Crippen molar-refractivity contribution < 1.29 is 13.5 Å². The zero-order chi connectivity index (χ0) is 10.8. The molecule has 0 aliphatic rings. The minimum Gasteiger partial charge on any atom is -0.395 e. The maximum atomic E-state index is 11.4. The smallest absolute Gasteiger partial charge is 0.261 e. The van der Waals surface area contributed by atoms with Gasteiger partial charge in [-0.1, -0.05) is 11.6 Å². The van der Waals surface area contributed by atoms with Gasteiger partial charge in [0.15, 0.2) is 0 Å². The van der Waals surface area contributed by atoms with Crippen LogP contribution in [0.5, 0.6) is 0 Å². The monoisotopic (exact) mass is 239 g/mol. The number of sulfonamides is 1. The lowest BCUT2D eigenvalue weighted by atomic mass is 10.8. The summed E-state index contributed by atoms with van der Waals surface area (Å²) in [6, 6.07) is 0. The molecule has 1 aromatic heterocycles. The van der Waals surface area contributed by atoms with Crippen LogP contribution in [-0.4, -0.2) is 36.2 Å². The fourth-order valence-electron chi connectivity index (χ4n) is 0.822. The molecule has 14 heavy (non-hydrogen) atoms. The van der Waals surface area contributed by atoms with Crippen molar-refractivity contribution in [3.05, 3.63) is 11.5 Å². The number of halogens is 1. The summed E-state index contributed by atoms with van der Waals surface area (Å²) in [6.45, 7) is -0.334. The molecule has 0 fully saturated rings. The number of hydrogen-bond donors (Lipinski definition) is 2. The molecule has 1 aromatic rings. The van der Waals surface area contributed by atoms with E-state index in [0.29, 0.717) is 0 Å². The van der Waals surface area contributed by atoms with E-state index in [2.05, 4.69) is 9.71 Å². The molecule has 1 rings (SSSR count). The van der Waals surface area contributed by atoms with Gasteiger partial charge in [0.05, 0.1) is 12.9 Å². The molecule has 0 amide bonds. The van der Waals surface area contributed by atoms with E-state index < -0.39 is 10.0 Å². The second-order valence-corrected chi connectivity index (χ2v) is 4.61. The number of hydrogen-bond acceptors (Lipinski definition) is 4. The zero-order valence-electron chi connectivity index (χ0n) is 7.44. The number of aliphatic hydroxyl groups excluding tert-OH is 1. The predicted octanol–water partition coefficient (Wildman–Crippen LogP) is -0.656. The fraction of sp³-hybridized carbons (Fsp3) is 0.500. The van der Waals surface area contributed by atoms with Crippen molar-refractivity contribution in [3.8, 4) is 0 Å². The third kappa shape index (κ3) is 2.24. The first-order chi connectivity index (χ1) is 6.49. The van der Waals surface area contributed by atoms with Gasteiger partial charge in [0.2, 0.25) is 5.03 Å². The summed E-state index contributed by atoms with van der Waals surface area (Å²) < 4.78 is 26.4. The number of rotatable bonds is 4. The van der Waals surface area contributed by atoms with E-state index >= 15 is 0 Å². The Kier molecular flexibility index (Phi) is 3.48. The van der Waals surface area contributed by atoms with Crippen molar-refractivity contribution in [2.75, 3.05) is 13.2 Å². The highest BCUT2D eigenvalue weighted by atomic mass is 35.5. The Hall–Kier alpha value is -0.630. The molecule has 6 nitrogen and oxygen atoms in total. The average molecular weight is 240 g/mol. The fourth-order valence-corrected chi connectivity index (χ4v) is 2.27. The number of nitrogens with one attached hydrogen (secondary N) is 1. The van der Waals surface area contributed by atoms with Crippen LogP contribution in [0.4, 0.5) is 0 Å². The van der Waals surface area contributed by atoms with Gasteiger partial charge in [-0.3, -0.25) is 0 Å². The van der Waals surface area contributed by atoms with Crippen molar-refractivity contribution >= 4 is 21.6 Å². The van der Waals surface area contributed by atoms with Crippen LogP contribution in [0, 0.1) is 0 Å². The molecular formula is C6H10ClN3O3S. The second kappa shape index (κ2) is 4.26. The highest BCUT2D eigenvalue weighted by Crippen LogP contribution is 2.17. The lowest BCUT2D eigenvalue weighted by Crippen LogP contribution is -2.27. The van der Waals surface area contributed by atoms with E-state index in [1.165, 1.54) is 10.9 Å². The summed E-state index contributed by atoms with van der Waals surface area (Å²) in [4.78, 5) is 3.64. The normalized spacial score (nSPS) is 11.9. The Bertz CT molecular complexity index is 414. The van der Waals surface area contributed by atoms with Gasteiger partial charge < -0.3 is 9.67 Å². The van der Waals surface area contributed by atoms with Gasteiger partial charge in [0.25, 0.3) is 10.0 Å². The van der Waals surface area contributed by atoms with Crippen LogP contribution in [0.3, 0.4) is 0 Å². The molecule has 0 saturated carbocycles. The number of imidazole rings is 1. The van der Waals surface area contributed by atoms with Crippen LogP contribution < -0.4 is 4.72 Å². The summed E-state index contributed by atoms with van der Waals surface area (Å²) in [5.74, 6) is 0. The van der Waals surface area contributed by atoms with Gasteiger partial charge in [-0.25, -0.2) is 18.1 Å². The third-order valence-electron chi connectivity index (χ3n) is 1.49. The minimum atomic E-state index is -3.71. The van der Waals surface area contributed by atoms with Crippen LogP contribution in [0.25, 0.3) is 0 Å². The number of aryl methyl sites for hydroxylation is 1. The van der Waals surface area contributed by atoms with Crippen molar-refractivity contribution in [3.63, 3.8) is 0 Å². The molecule has 0 unspecified atom stereocenters. The Labute approximate surface area is 86.6 Å². The molecule has 0 aliphatic heterocycles. The third-order valence-corrected chi connectivity index (χ3v) is 3.44. The number of aromatic nitrogens is 2. The molecule has 80 valence electrons. The molecule has 0 bridgehead atoms. The second-order valence-electron chi connectivity index (χ2n) is 2.57. The Balaban J connectivity index is 2.99. The van der Waals surface area contributed by atoms with Gasteiger partial charge in [-0.05, 0) is 0 Å². The van der Waals surface area contributed by atoms with E-state index in [4.69, 9.17) is 16.7 Å². The van der Waals surface area contributed by atoms with Crippen molar-refractivity contribution in [2.45, 2.75) is 5.03 Å². The molecule has 8 heteroatoms. The molecule has 0 aliphatic carbocycles. The van der Waals surface area contributed by atoms with Crippen LogP contribution in [-0.2, 0) is 17.1 Å². The number of nitrogens with zero attached hydrogens (tertiary/aromatic N) is 2. The number of aliphatic hydroxyl groups is 1. The summed E-state index contributed by atoms with van der Waals surface area (Å²) >= 11 is 5.69. The van der Waals surface area contributed by atoms with Gasteiger partial charge in [-0.15, -0.1) is 0 Å². The van der Waals surface area contributed by atoms with E-state index in [1.807, 2.05) is 0 Å². The predicted molar refractivity (Wildman–Crippen MR) is 50.5 cm³/mol. The summed E-state index contributed by atoms with van der Waals surface area (Å²) in [5.41, 5.74) is 0. The van der Waals surface area contributed by atoms with Gasteiger partial charge in [0.1, 0.15) is 5.15 Å². The molecule has 2 N–H and O–H groups in total. The van der Waals surface area contributed by atoms with Crippen LogP contribution in [0.15, 0.2) is 11.4 Å². The minimum absolute atomic E-state index is 0.0374. The van der Waals surface area contributed by atoms with E-state index in [-0.39, 0.29) is 23.3 Å². The molecule has 1 heterocycles. The van der Waals surface area contributed by atoms with Crippen molar-refractivity contribution in [1.29, 1.82) is 0 Å². The highest BCUT2D eigenvalue weighted by molar-refractivity contribution is 7.89.